The number of aromatic nitrogens is 1. The van der Waals surface area contributed by atoms with Gasteiger partial charge in [0.25, 0.3) is 0 Å². The second kappa shape index (κ2) is 6.88. The monoisotopic (exact) mass is 285 g/mol. The van der Waals surface area contributed by atoms with Gasteiger partial charge in [-0.15, -0.1) is 0 Å². The summed E-state index contributed by atoms with van der Waals surface area (Å²) in [6.45, 7) is 6.60. The van der Waals surface area contributed by atoms with Crippen molar-refractivity contribution in [3.8, 4) is 5.75 Å². The first-order valence-electron chi connectivity index (χ1n) is 7.03. The van der Waals surface area contributed by atoms with Gasteiger partial charge in [-0.3, -0.25) is 0 Å². The van der Waals surface area contributed by atoms with E-state index in [-0.39, 0.29) is 5.97 Å². The van der Waals surface area contributed by atoms with Crippen LogP contribution in [-0.4, -0.2) is 24.2 Å². The first kappa shape index (κ1) is 15.0. The molecule has 0 saturated carbocycles. The average Bonchev–Trinajstić information content (AvgIpc) is 2.46. The third kappa shape index (κ3) is 3.60. The average molecular weight is 285 g/mol. The molecule has 0 atom stereocenters. The smallest absolute Gasteiger partial charge is 0.330 e. The highest BCUT2D eigenvalue weighted by Crippen LogP contribution is 2.27. The van der Waals surface area contributed by atoms with Crippen molar-refractivity contribution in [3.63, 3.8) is 0 Å². The molecule has 0 fully saturated rings. The van der Waals surface area contributed by atoms with E-state index >= 15 is 0 Å². The number of ether oxygens (including phenoxy) is 2. The Bertz CT molecular complexity index is 677. The molecule has 1 aromatic heterocycles. The SMILES string of the molecule is CCOC(=O)/C=C/c1cc(C)nc2c(OCC)cccc12. The van der Waals surface area contributed by atoms with Crippen LogP contribution in [0.1, 0.15) is 25.1 Å². The van der Waals surface area contributed by atoms with Crippen molar-refractivity contribution in [1.82, 2.24) is 4.98 Å². The molecule has 1 heterocycles. The van der Waals surface area contributed by atoms with E-state index < -0.39 is 0 Å². The van der Waals surface area contributed by atoms with Crippen molar-refractivity contribution in [2.75, 3.05) is 13.2 Å². The van der Waals surface area contributed by atoms with Gasteiger partial charge in [0.2, 0.25) is 0 Å². The molecule has 2 rings (SSSR count). The van der Waals surface area contributed by atoms with Crippen LogP contribution in [0.5, 0.6) is 5.75 Å². The summed E-state index contributed by atoms with van der Waals surface area (Å²) in [4.78, 5) is 16.0. The summed E-state index contributed by atoms with van der Waals surface area (Å²) in [5.74, 6) is 0.408. The standard InChI is InChI=1S/C17H19NO3/c1-4-20-15-8-6-7-14-13(9-10-16(19)21-5-2)11-12(3)18-17(14)15/h6-11H,4-5H2,1-3H3/b10-9+. The van der Waals surface area contributed by atoms with Crippen molar-refractivity contribution in [1.29, 1.82) is 0 Å². The van der Waals surface area contributed by atoms with E-state index in [4.69, 9.17) is 9.47 Å². The Kier molecular flexibility index (Phi) is 4.93. The summed E-state index contributed by atoms with van der Waals surface area (Å²) in [5, 5.41) is 0.951. The predicted molar refractivity (Wildman–Crippen MR) is 83.3 cm³/mol. The fourth-order valence-corrected chi connectivity index (χ4v) is 2.14. The van der Waals surface area contributed by atoms with Gasteiger partial charge < -0.3 is 9.47 Å². The molecule has 0 N–H and O–H groups in total. The quantitative estimate of drug-likeness (QED) is 0.623. The van der Waals surface area contributed by atoms with Gasteiger partial charge in [-0.1, -0.05) is 12.1 Å². The number of esters is 1. The number of carbonyl (C=O) groups is 1. The van der Waals surface area contributed by atoms with Crippen molar-refractivity contribution in [2.24, 2.45) is 0 Å². The van der Waals surface area contributed by atoms with Crippen LogP contribution in [0.3, 0.4) is 0 Å². The highest BCUT2D eigenvalue weighted by molar-refractivity contribution is 5.95. The van der Waals surface area contributed by atoms with Gasteiger partial charge in [-0.2, -0.15) is 0 Å². The summed E-state index contributed by atoms with van der Waals surface area (Å²) >= 11 is 0. The number of rotatable bonds is 5. The molecule has 0 spiro atoms. The van der Waals surface area contributed by atoms with Crippen LogP contribution < -0.4 is 4.74 Å². The van der Waals surface area contributed by atoms with Crippen molar-refractivity contribution in [3.05, 3.63) is 41.6 Å². The molecule has 0 aliphatic heterocycles. The molecule has 110 valence electrons. The van der Waals surface area contributed by atoms with Gasteiger partial charge >= 0.3 is 5.97 Å². The molecule has 0 saturated heterocycles. The number of hydrogen-bond acceptors (Lipinski definition) is 4. The van der Waals surface area contributed by atoms with E-state index in [1.54, 1.807) is 13.0 Å². The van der Waals surface area contributed by atoms with Gasteiger partial charge in [0, 0.05) is 17.2 Å². The van der Waals surface area contributed by atoms with E-state index in [1.807, 2.05) is 38.1 Å². The Balaban J connectivity index is 2.49. The van der Waals surface area contributed by atoms with Crippen molar-refractivity contribution < 1.29 is 14.3 Å². The molecule has 4 heteroatoms. The van der Waals surface area contributed by atoms with E-state index in [9.17, 15) is 4.79 Å². The van der Waals surface area contributed by atoms with Crippen LogP contribution in [0, 0.1) is 6.92 Å². The minimum absolute atomic E-state index is 0.346. The second-order valence-electron chi connectivity index (χ2n) is 4.52. The second-order valence-corrected chi connectivity index (χ2v) is 4.52. The Hall–Kier alpha value is -2.36. The molecule has 2 aromatic rings. The minimum atomic E-state index is -0.346. The maximum atomic E-state index is 11.5. The number of carbonyl (C=O) groups excluding carboxylic acids is 1. The van der Waals surface area contributed by atoms with E-state index in [2.05, 4.69) is 4.98 Å². The topological polar surface area (TPSA) is 48.4 Å². The summed E-state index contributed by atoms with van der Waals surface area (Å²) in [6, 6.07) is 7.73. The molecular formula is C17H19NO3. The molecule has 0 aliphatic rings. The Labute approximate surface area is 124 Å². The minimum Gasteiger partial charge on any atom is -0.492 e. The molecule has 1 aromatic carbocycles. The number of pyridine rings is 1. The number of fused-ring (bicyclic) bond motifs is 1. The zero-order valence-corrected chi connectivity index (χ0v) is 12.6. The molecule has 0 bridgehead atoms. The Morgan fingerprint density at radius 3 is 2.81 bits per heavy atom. The molecular weight excluding hydrogens is 266 g/mol. The van der Waals surface area contributed by atoms with Crippen LogP contribution in [0.2, 0.25) is 0 Å². The van der Waals surface area contributed by atoms with Crippen LogP contribution >= 0.6 is 0 Å². The highest BCUT2D eigenvalue weighted by atomic mass is 16.5. The van der Waals surface area contributed by atoms with Crippen molar-refractivity contribution >= 4 is 22.9 Å². The maximum absolute atomic E-state index is 11.5. The summed E-state index contributed by atoms with van der Waals surface area (Å²) in [5.41, 5.74) is 2.60. The third-order valence-corrected chi connectivity index (χ3v) is 2.95. The fraction of sp³-hybridized carbons (Fsp3) is 0.294. The van der Waals surface area contributed by atoms with Gasteiger partial charge in [-0.05, 0) is 44.5 Å². The fourth-order valence-electron chi connectivity index (χ4n) is 2.14. The largest absolute Gasteiger partial charge is 0.492 e. The van der Waals surface area contributed by atoms with E-state index in [1.165, 1.54) is 6.08 Å². The summed E-state index contributed by atoms with van der Waals surface area (Å²) < 4.78 is 10.5. The third-order valence-electron chi connectivity index (χ3n) is 2.95. The lowest BCUT2D eigenvalue weighted by Crippen LogP contribution is -1.99. The van der Waals surface area contributed by atoms with E-state index in [0.29, 0.717) is 13.2 Å². The van der Waals surface area contributed by atoms with Gasteiger partial charge in [0.15, 0.2) is 0 Å². The number of hydrogen-bond donors (Lipinski definition) is 0. The number of aryl methyl sites for hydroxylation is 1. The number of nitrogens with zero attached hydrogens (tertiary/aromatic N) is 1. The first-order chi connectivity index (χ1) is 10.2. The normalized spacial score (nSPS) is 11.0. The lowest BCUT2D eigenvalue weighted by Gasteiger charge is -2.09. The molecule has 0 amide bonds. The summed E-state index contributed by atoms with van der Waals surface area (Å²) in [7, 11) is 0. The van der Waals surface area contributed by atoms with Crippen LogP contribution in [0.4, 0.5) is 0 Å². The van der Waals surface area contributed by atoms with Crippen molar-refractivity contribution in [2.45, 2.75) is 20.8 Å². The Morgan fingerprint density at radius 2 is 2.10 bits per heavy atom. The van der Waals surface area contributed by atoms with Gasteiger partial charge in [-0.25, -0.2) is 9.78 Å². The van der Waals surface area contributed by atoms with E-state index in [0.717, 1.165) is 27.9 Å². The zero-order chi connectivity index (χ0) is 15.2. The Morgan fingerprint density at radius 1 is 1.29 bits per heavy atom. The molecule has 0 radical (unpaired) electrons. The molecule has 0 unspecified atom stereocenters. The maximum Gasteiger partial charge on any atom is 0.330 e. The summed E-state index contributed by atoms with van der Waals surface area (Å²) in [6.07, 6.45) is 3.19. The van der Waals surface area contributed by atoms with Crippen LogP contribution in [-0.2, 0) is 9.53 Å². The zero-order valence-electron chi connectivity index (χ0n) is 12.6. The highest BCUT2D eigenvalue weighted by Gasteiger charge is 2.07. The first-order valence-corrected chi connectivity index (χ1v) is 7.03. The lowest BCUT2D eigenvalue weighted by atomic mass is 10.1. The number of para-hydroxylation sites is 1. The lowest BCUT2D eigenvalue weighted by molar-refractivity contribution is -0.137. The molecule has 4 nitrogen and oxygen atoms in total. The van der Waals surface area contributed by atoms with Crippen LogP contribution in [0.15, 0.2) is 30.3 Å². The predicted octanol–water partition coefficient (Wildman–Crippen LogP) is 3.52. The number of benzene rings is 1. The molecule has 0 aliphatic carbocycles. The van der Waals surface area contributed by atoms with Crippen LogP contribution in [0.25, 0.3) is 17.0 Å². The van der Waals surface area contributed by atoms with Gasteiger partial charge in [0.05, 0.1) is 13.2 Å². The molecule has 21 heavy (non-hydrogen) atoms. The van der Waals surface area contributed by atoms with Gasteiger partial charge in [0.1, 0.15) is 11.3 Å².